The first-order valence-corrected chi connectivity index (χ1v) is 18.7. The van der Waals surface area contributed by atoms with Crippen LogP contribution in [0.4, 0.5) is 5.13 Å². The third kappa shape index (κ3) is 8.24. The number of β-lactam (4-membered cyclic amide) rings is 1. The van der Waals surface area contributed by atoms with Crippen molar-refractivity contribution in [1.82, 2.24) is 15.2 Å². The number of nitrogens with zero attached hydrogens (tertiary/aromatic N) is 4. The molecule has 2 aromatic carbocycles. The third-order valence-corrected chi connectivity index (χ3v) is 11.1. The van der Waals surface area contributed by atoms with Gasteiger partial charge in [0.25, 0.3) is 11.8 Å². The predicted molar refractivity (Wildman–Crippen MR) is 191 cm³/mol. The van der Waals surface area contributed by atoms with E-state index < -0.39 is 52.0 Å². The van der Waals surface area contributed by atoms with Crippen LogP contribution in [0.15, 0.2) is 107 Å². The summed E-state index contributed by atoms with van der Waals surface area (Å²) in [6.45, 7) is 0.0282. The molecule has 0 radical (unpaired) electrons. The van der Waals surface area contributed by atoms with Crippen LogP contribution in [0.25, 0.3) is 0 Å². The van der Waals surface area contributed by atoms with E-state index in [1.54, 1.807) is 17.0 Å². The number of amides is 4. The molecule has 3 atom stereocenters. The molecule has 7 rings (SSSR count). The molecule has 1 saturated heterocycles. The number of rotatable bonds is 14. The Morgan fingerprint density at radius 2 is 1.70 bits per heavy atom. The minimum atomic E-state index is -1.79. The first-order chi connectivity index (χ1) is 25.7. The molecular formula is C36H32IN7O8S2. The Morgan fingerprint density at radius 3 is 2.30 bits per heavy atom. The van der Waals surface area contributed by atoms with E-state index in [2.05, 4.69) is 20.8 Å². The molecule has 4 N–H and O–H groups in total. The number of carbonyl (C=O) groups is 5. The van der Waals surface area contributed by atoms with E-state index in [9.17, 15) is 28.2 Å². The van der Waals surface area contributed by atoms with Crippen LogP contribution in [-0.4, -0.2) is 73.2 Å². The van der Waals surface area contributed by atoms with Gasteiger partial charge < -0.3 is 49.9 Å². The van der Waals surface area contributed by atoms with Crippen LogP contribution in [0.5, 0.6) is 0 Å². The van der Waals surface area contributed by atoms with Gasteiger partial charge in [-0.3, -0.25) is 28.3 Å². The molecule has 2 fully saturated rings. The van der Waals surface area contributed by atoms with E-state index in [4.69, 9.17) is 15.3 Å². The Morgan fingerprint density at radius 1 is 1.06 bits per heavy atom. The van der Waals surface area contributed by atoms with Crippen LogP contribution in [0.3, 0.4) is 0 Å². The predicted octanol–water partition coefficient (Wildman–Crippen LogP) is -1.31. The maximum atomic E-state index is 14.4. The molecule has 278 valence electrons. The summed E-state index contributed by atoms with van der Waals surface area (Å²) in [6.07, 6.45) is 4.14. The van der Waals surface area contributed by atoms with Crippen molar-refractivity contribution in [3.63, 3.8) is 0 Å². The molecule has 15 nitrogen and oxygen atoms in total. The summed E-state index contributed by atoms with van der Waals surface area (Å²) >= 11 is 1.06. The number of oxime groups is 1. The Kier molecular flexibility index (Phi) is 11.9. The number of halogens is 1. The first-order valence-electron chi connectivity index (χ1n) is 16.4. The fourth-order valence-electron chi connectivity index (χ4n) is 5.87. The van der Waals surface area contributed by atoms with Gasteiger partial charge in [-0.15, -0.1) is 11.3 Å². The number of primary amides is 1. The van der Waals surface area contributed by atoms with Gasteiger partial charge in [0.15, 0.2) is 35.9 Å². The van der Waals surface area contributed by atoms with Gasteiger partial charge in [0, 0.05) is 23.1 Å². The Balaban J connectivity index is 0.00000497. The van der Waals surface area contributed by atoms with Crippen LogP contribution in [-0.2, 0) is 46.1 Å². The molecule has 1 saturated carbocycles. The average molecular weight is 882 g/mol. The highest BCUT2D eigenvalue weighted by Gasteiger charge is 2.58. The number of thiazole rings is 1. The maximum Gasteiger partial charge on any atom is 0.356 e. The molecule has 2 aliphatic heterocycles. The molecule has 4 heterocycles. The number of anilines is 1. The maximum absolute atomic E-state index is 14.4. The molecule has 2 aromatic heterocycles. The third-order valence-electron chi connectivity index (χ3n) is 8.63. The Hall–Kier alpha value is -5.34. The molecule has 3 aliphatic rings. The van der Waals surface area contributed by atoms with Crippen molar-refractivity contribution in [2.75, 3.05) is 11.1 Å². The lowest BCUT2D eigenvalue weighted by molar-refractivity contribution is -0.689. The van der Waals surface area contributed by atoms with Crippen LogP contribution in [0.2, 0.25) is 0 Å². The van der Waals surface area contributed by atoms with E-state index in [1.807, 2.05) is 60.7 Å². The minimum Gasteiger partial charge on any atom is -1.00 e. The number of pyridine rings is 1. The van der Waals surface area contributed by atoms with Crippen molar-refractivity contribution in [2.45, 2.75) is 43.0 Å². The minimum absolute atomic E-state index is 0. The highest BCUT2D eigenvalue weighted by atomic mass is 127. The number of benzene rings is 2. The van der Waals surface area contributed by atoms with Crippen molar-refractivity contribution >= 4 is 63.1 Å². The topological polar surface area (TPSA) is 203 Å². The van der Waals surface area contributed by atoms with Gasteiger partial charge in [-0.1, -0.05) is 65.8 Å². The van der Waals surface area contributed by atoms with E-state index in [-0.39, 0.29) is 70.2 Å². The zero-order valence-electron chi connectivity index (χ0n) is 28.2. The van der Waals surface area contributed by atoms with Crippen molar-refractivity contribution in [3.05, 3.63) is 124 Å². The normalized spacial score (nSPS) is 19.2. The molecule has 54 heavy (non-hydrogen) atoms. The van der Waals surface area contributed by atoms with Crippen molar-refractivity contribution in [3.8, 4) is 0 Å². The van der Waals surface area contributed by atoms with Crippen molar-refractivity contribution < 1.29 is 66.3 Å². The van der Waals surface area contributed by atoms with Crippen molar-refractivity contribution in [1.29, 1.82) is 0 Å². The molecule has 4 amide bonds. The first kappa shape index (κ1) is 38.4. The van der Waals surface area contributed by atoms with Gasteiger partial charge in [-0.2, -0.15) is 0 Å². The average Bonchev–Trinajstić information content (AvgIpc) is 3.89. The Labute approximate surface area is 332 Å². The van der Waals surface area contributed by atoms with Gasteiger partial charge in [-0.25, -0.2) is 14.3 Å². The number of nitrogens with one attached hydrogen (secondary N) is 2. The van der Waals surface area contributed by atoms with Crippen LogP contribution in [0, 0.1) is 0 Å². The molecule has 18 heteroatoms. The van der Waals surface area contributed by atoms with Crippen LogP contribution in [0.1, 0.15) is 46.1 Å². The SMILES string of the molecule is NC(=O)c1cc[n+](CC2=C(C(=O)OC(c3ccccc3)c3ccccc3)N3C(=O)[C@@H](NC(=O)C(=NOC4CC4)c4csc(NC=O)n4)[C@@H]3S(=O)C2)cc1.[I-]. The number of nitrogens with two attached hydrogens (primary N) is 1. The van der Waals surface area contributed by atoms with E-state index in [1.165, 1.54) is 17.5 Å². The summed E-state index contributed by atoms with van der Waals surface area (Å²) in [7, 11) is -1.79. The summed E-state index contributed by atoms with van der Waals surface area (Å²) in [5.41, 5.74) is 7.17. The lowest BCUT2D eigenvalue weighted by Crippen LogP contribution is -3.00. The summed E-state index contributed by atoms with van der Waals surface area (Å²) in [6, 6.07) is 20.0. The van der Waals surface area contributed by atoms with Crippen LogP contribution < -0.4 is 44.9 Å². The van der Waals surface area contributed by atoms with Gasteiger partial charge in [-0.05, 0) is 24.0 Å². The summed E-state index contributed by atoms with van der Waals surface area (Å²) in [5, 5.41) is 9.67. The number of fused-ring (bicyclic) bond motifs is 1. The summed E-state index contributed by atoms with van der Waals surface area (Å²) in [4.78, 5) is 75.4. The number of carbonyl (C=O) groups excluding carboxylic acids is 5. The van der Waals surface area contributed by atoms with Gasteiger partial charge >= 0.3 is 5.97 Å². The van der Waals surface area contributed by atoms with E-state index >= 15 is 0 Å². The lowest BCUT2D eigenvalue weighted by Gasteiger charge is -2.49. The number of hydrogen-bond donors (Lipinski definition) is 3. The lowest BCUT2D eigenvalue weighted by atomic mass is 10.0. The van der Waals surface area contributed by atoms with Gasteiger partial charge in [0.2, 0.25) is 12.3 Å². The smallest absolute Gasteiger partial charge is 0.356 e. The molecule has 4 aromatic rings. The number of hydrogen-bond acceptors (Lipinski definition) is 11. The van der Waals surface area contributed by atoms with Crippen molar-refractivity contribution in [2.24, 2.45) is 10.9 Å². The second kappa shape index (κ2) is 16.8. The van der Waals surface area contributed by atoms with Gasteiger partial charge in [0.1, 0.15) is 28.9 Å². The summed E-state index contributed by atoms with van der Waals surface area (Å²) < 4.78 is 21.8. The molecule has 0 spiro atoms. The Bertz CT molecular complexity index is 2120. The molecule has 0 bridgehead atoms. The zero-order valence-corrected chi connectivity index (χ0v) is 32.0. The quantitative estimate of drug-likeness (QED) is 0.0262. The highest BCUT2D eigenvalue weighted by molar-refractivity contribution is 7.86. The zero-order chi connectivity index (χ0) is 37.1. The van der Waals surface area contributed by atoms with Gasteiger partial charge in [0.05, 0.1) is 22.1 Å². The van der Waals surface area contributed by atoms with E-state index in [0.29, 0.717) is 23.1 Å². The molecule has 1 unspecified atom stereocenters. The summed E-state index contributed by atoms with van der Waals surface area (Å²) in [5.74, 6) is -3.08. The monoisotopic (exact) mass is 881 g/mol. The number of esters is 1. The fourth-order valence-corrected chi connectivity index (χ4v) is 8.20. The molecular weight excluding hydrogens is 849 g/mol. The number of aromatic nitrogens is 2. The second-order valence-corrected chi connectivity index (χ2v) is 14.7. The second-order valence-electron chi connectivity index (χ2n) is 12.3. The largest absolute Gasteiger partial charge is 1.00 e. The standard InChI is InChI=1S/C36H31N7O8S2.HI/c37-31(45)23-13-15-42(16-14-23)17-24-19-53(49)34-28(40-32(46)27(41-51-25-11-12-25)26-18-52-36(39-26)38-20-44)33(47)43(34)29(24)35(48)50-30(21-7-3-1-4-8-21)22-9-5-2-6-10-22;/h1-10,13-16,18,20,25,28,30,34H,11-12,17,19H2,(H3-,37,38,39,40,44,45,46);1H/t28-,34+,53?;/m1./s1. The highest BCUT2D eigenvalue weighted by Crippen LogP contribution is 2.37. The number of ether oxygens (including phenoxy) is 1. The van der Waals surface area contributed by atoms with E-state index in [0.717, 1.165) is 29.1 Å². The molecule has 1 aliphatic carbocycles. The van der Waals surface area contributed by atoms with Crippen LogP contribution >= 0.6 is 11.3 Å². The fraction of sp³-hybridized carbons (Fsp3) is 0.222.